The fourth-order valence-corrected chi connectivity index (χ4v) is 6.14. The summed E-state index contributed by atoms with van der Waals surface area (Å²) in [5.41, 5.74) is 1.38. The lowest BCUT2D eigenvalue weighted by molar-refractivity contribution is -0.127. The first kappa shape index (κ1) is 12.9. The van der Waals surface area contributed by atoms with Crippen molar-refractivity contribution in [1.82, 2.24) is 4.98 Å². The number of hydrogen-bond donors (Lipinski definition) is 0. The third-order valence-electron chi connectivity index (χ3n) is 5.80. The summed E-state index contributed by atoms with van der Waals surface area (Å²) in [7, 11) is 0. The van der Waals surface area contributed by atoms with Gasteiger partial charge in [0.15, 0.2) is 0 Å². The van der Waals surface area contributed by atoms with Gasteiger partial charge in [0.2, 0.25) is 0 Å². The minimum absolute atomic E-state index is 0.110. The van der Waals surface area contributed by atoms with E-state index in [-0.39, 0.29) is 5.41 Å². The summed E-state index contributed by atoms with van der Waals surface area (Å²) in [6.07, 6.45) is 10.2. The van der Waals surface area contributed by atoms with Gasteiger partial charge in [0.25, 0.3) is 0 Å². The monoisotopic (exact) mass is 287 g/mol. The molecule has 1 aromatic heterocycles. The zero-order chi connectivity index (χ0) is 13.6. The number of aromatic nitrogens is 1. The molecule has 1 aromatic rings. The largest absolute Gasteiger partial charge is 0.298 e. The molecule has 3 heteroatoms. The Hall–Kier alpha value is -0.830. The average molecular weight is 287 g/mol. The fourth-order valence-electron chi connectivity index (χ4n) is 5.14. The molecule has 4 aliphatic carbocycles. The lowest BCUT2D eigenvalue weighted by atomic mass is 9.73. The number of Topliss-reactive ketones (excluding diaryl/α,β-unsaturated/α-hetero) is 1. The number of ketones is 1. The van der Waals surface area contributed by atoms with Crippen LogP contribution in [0, 0.1) is 23.2 Å². The van der Waals surface area contributed by atoms with Crippen LogP contribution in [0.3, 0.4) is 0 Å². The Morgan fingerprint density at radius 3 is 2.60 bits per heavy atom. The molecular weight excluding hydrogens is 266 g/mol. The molecule has 4 saturated carbocycles. The fraction of sp³-hybridized carbons (Fsp3) is 0.647. The molecule has 0 aromatic carbocycles. The molecule has 5 rings (SSSR count). The van der Waals surface area contributed by atoms with Gasteiger partial charge in [-0.1, -0.05) is 0 Å². The maximum atomic E-state index is 12.8. The van der Waals surface area contributed by atoms with Gasteiger partial charge in [0.1, 0.15) is 5.78 Å². The highest BCUT2D eigenvalue weighted by molar-refractivity contribution is 7.99. The standard InChI is InChI=1S/C17H21NOS/c19-16(11-20-10-12-1-3-18-4-2-12)17-8-13-5-14(9-17)7-15(17)6-13/h1-4,13-15H,5-11H2. The van der Waals surface area contributed by atoms with Crippen molar-refractivity contribution < 1.29 is 4.79 Å². The molecule has 20 heavy (non-hydrogen) atoms. The van der Waals surface area contributed by atoms with Crippen molar-refractivity contribution in [1.29, 1.82) is 0 Å². The van der Waals surface area contributed by atoms with Crippen LogP contribution in [0.5, 0.6) is 0 Å². The Balaban J connectivity index is 1.37. The summed E-state index contributed by atoms with van der Waals surface area (Å²) in [6, 6.07) is 4.08. The van der Waals surface area contributed by atoms with E-state index in [0.29, 0.717) is 11.5 Å². The molecule has 2 unspecified atom stereocenters. The number of pyridine rings is 1. The topological polar surface area (TPSA) is 30.0 Å². The van der Waals surface area contributed by atoms with Crippen molar-refractivity contribution in [2.24, 2.45) is 23.2 Å². The molecular formula is C17H21NOS. The Morgan fingerprint density at radius 2 is 1.90 bits per heavy atom. The second-order valence-corrected chi connectivity index (χ2v) is 7.96. The van der Waals surface area contributed by atoms with Crippen LogP contribution in [0.1, 0.15) is 37.7 Å². The van der Waals surface area contributed by atoms with Gasteiger partial charge in [-0.25, -0.2) is 0 Å². The first-order chi connectivity index (χ1) is 9.76. The van der Waals surface area contributed by atoms with Gasteiger partial charge in [-0.3, -0.25) is 9.78 Å². The molecule has 2 nitrogen and oxygen atoms in total. The van der Waals surface area contributed by atoms with E-state index in [1.54, 1.807) is 11.8 Å². The molecule has 106 valence electrons. The van der Waals surface area contributed by atoms with Gasteiger partial charge in [-0.2, -0.15) is 0 Å². The summed E-state index contributed by atoms with van der Waals surface area (Å²) in [5, 5.41) is 0. The van der Waals surface area contributed by atoms with Crippen molar-refractivity contribution in [2.45, 2.75) is 37.9 Å². The number of hydrogen-bond acceptors (Lipinski definition) is 3. The summed E-state index contributed by atoms with van der Waals surface area (Å²) in [4.78, 5) is 16.8. The maximum Gasteiger partial charge on any atom is 0.149 e. The van der Waals surface area contributed by atoms with E-state index in [2.05, 4.69) is 4.98 Å². The van der Waals surface area contributed by atoms with Crippen molar-refractivity contribution in [3.63, 3.8) is 0 Å². The van der Waals surface area contributed by atoms with Crippen LogP contribution in [0.25, 0.3) is 0 Å². The van der Waals surface area contributed by atoms with Gasteiger partial charge >= 0.3 is 0 Å². The highest BCUT2D eigenvalue weighted by atomic mass is 32.2. The number of rotatable bonds is 5. The SMILES string of the molecule is O=C(CSCc1ccncc1)C12CC3CC(CC1C3)C2. The Morgan fingerprint density at radius 1 is 1.20 bits per heavy atom. The third-order valence-corrected chi connectivity index (χ3v) is 6.80. The normalized spacial score (nSPS) is 37.5. The predicted octanol–water partition coefficient (Wildman–Crippen LogP) is 3.71. The van der Waals surface area contributed by atoms with Crippen LogP contribution in [-0.4, -0.2) is 16.5 Å². The smallest absolute Gasteiger partial charge is 0.149 e. The molecule has 2 atom stereocenters. The Bertz CT molecular complexity index is 501. The second kappa shape index (κ2) is 4.87. The Labute approximate surface area is 124 Å². The summed E-state index contributed by atoms with van der Waals surface area (Å²) < 4.78 is 0. The molecule has 4 fully saturated rings. The Kier molecular flexibility index (Phi) is 3.13. The lowest BCUT2D eigenvalue weighted by Crippen LogP contribution is -2.34. The lowest BCUT2D eigenvalue weighted by Gasteiger charge is -2.31. The van der Waals surface area contributed by atoms with Crippen molar-refractivity contribution >= 4 is 17.5 Å². The summed E-state index contributed by atoms with van der Waals surface area (Å²) >= 11 is 1.78. The molecule has 4 aliphatic rings. The first-order valence-corrected chi connectivity index (χ1v) is 8.92. The first-order valence-electron chi connectivity index (χ1n) is 7.76. The van der Waals surface area contributed by atoms with Crippen LogP contribution in [0.2, 0.25) is 0 Å². The van der Waals surface area contributed by atoms with E-state index in [1.807, 2.05) is 24.5 Å². The van der Waals surface area contributed by atoms with E-state index < -0.39 is 0 Å². The van der Waals surface area contributed by atoms with E-state index >= 15 is 0 Å². The van der Waals surface area contributed by atoms with E-state index in [4.69, 9.17) is 0 Å². The van der Waals surface area contributed by atoms with Crippen molar-refractivity contribution in [3.05, 3.63) is 30.1 Å². The number of carbonyl (C=O) groups excluding carboxylic acids is 1. The summed E-state index contributed by atoms with van der Waals surface area (Å²) in [6.45, 7) is 0. The second-order valence-electron chi connectivity index (χ2n) is 6.97. The third kappa shape index (κ3) is 2.02. The maximum absolute atomic E-state index is 12.8. The van der Waals surface area contributed by atoms with Crippen molar-refractivity contribution in [3.8, 4) is 0 Å². The molecule has 0 amide bonds. The number of carbonyl (C=O) groups is 1. The van der Waals surface area contributed by atoms with Crippen LogP contribution >= 0.6 is 11.8 Å². The molecule has 0 spiro atoms. The number of thioether (sulfide) groups is 1. The predicted molar refractivity (Wildman–Crippen MR) is 81.4 cm³/mol. The molecule has 0 N–H and O–H groups in total. The van der Waals surface area contributed by atoms with Crippen LogP contribution in [0.4, 0.5) is 0 Å². The summed E-state index contributed by atoms with van der Waals surface area (Å²) in [5.74, 6) is 4.69. The van der Waals surface area contributed by atoms with Crippen LogP contribution < -0.4 is 0 Å². The van der Waals surface area contributed by atoms with Gasteiger partial charge in [-0.05, 0) is 67.6 Å². The van der Waals surface area contributed by atoms with E-state index in [1.165, 1.54) is 37.7 Å². The quantitative estimate of drug-likeness (QED) is 0.827. The van der Waals surface area contributed by atoms with Gasteiger partial charge in [-0.15, -0.1) is 11.8 Å². The van der Waals surface area contributed by atoms with Crippen molar-refractivity contribution in [2.75, 3.05) is 5.75 Å². The molecule has 1 heterocycles. The highest BCUT2D eigenvalue weighted by Gasteiger charge is 2.60. The zero-order valence-corrected chi connectivity index (χ0v) is 12.6. The van der Waals surface area contributed by atoms with Crippen LogP contribution in [0.15, 0.2) is 24.5 Å². The average Bonchev–Trinajstić information content (AvgIpc) is 2.86. The molecule has 0 saturated heterocycles. The van der Waals surface area contributed by atoms with E-state index in [9.17, 15) is 4.79 Å². The van der Waals surface area contributed by atoms with Gasteiger partial charge in [0.05, 0.1) is 5.75 Å². The minimum atomic E-state index is 0.110. The number of nitrogens with zero attached hydrogens (tertiary/aromatic N) is 1. The molecule has 4 bridgehead atoms. The van der Waals surface area contributed by atoms with Crippen LogP contribution in [-0.2, 0) is 10.5 Å². The highest BCUT2D eigenvalue weighted by Crippen LogP contribution is 2.65. The van der Waals surface area contributed by atoms with Gasteiger partial charge < -0.3 is 0 Å². The minimum Gasteiger partial charge on any atom is -0.298 e. The zero-order valence-electron chi connectivity index (χ0n) is 11.8. The van der Waals surface area contributed by atoms with E-state index in [0.717, 1.165) is 23.5 Å². The van der Waals surface area contributed by atoms with Gasteiger partial charge in [0, 0.05) is 23.6 Å². The molecule has 0 aliphatic heterocycles. The molecule has 0 radical (unpaired) electrons.